The van der Waals surface area contributed by atoms with Gasteiger partial charge in [0, 0.05) is 11.6 Å². The minimum atomic E-state index is -0.227. The van der Waals surface area contributed by atoms with Gasteiger partial charge in [-0.3, -0.25) is 0 Å². The first kappa shape index (κ1) is 14.0. The van der Waals surface area contributed by atoms with Crippen molar-refractivity contribution in [2.24, 2.45) is 0 Å². The van der Waals surface area contributed by atoms with E-state index in [9.17, 15) is 4.39 Å². The third kappa shape index (κ3) is 3.34. The molecule has 2 aromatic rings. The Bertz CT molecular complexity index is 581. The molecule has 19 heavy (non-hydrogen) atoms. The fraction of sp³-hybridized carbons (Fsp3) is 0.250. The van der Waals surface area contributed by atoms with Crippen molar-refractivity contribution in [1.82, 2.24) is 5.32 Å². The van der Waals surface area contributed by atoms with Gasteiger partial charge in [0.25, 0.3) is 0 Å². The van der Waals surface area contributed by atoms with Gasteiger partial charge >= 0.3 is 0 Å². The fourth-order valence-corrected chi connectivity index (χ4v) is 2.27. The summed E-state index contributed by atoms with van der Waals surface area (Å²) in [7, 11) is 0. The highest BCUT2D eigenvalue weighted by Crippen LogP contribution is 2.30. The summed E-state index contributed by atoms with van der Waals surface area (Å²) in [6.07, 6.45) is 0. The summed E-state index contributed by atoms with van der Waals surface area (Å²) < 4.78 is 13.5. The van der Waals surface area contributed by atoms with E-state index in [1.54, 1.807) is 12.1 Å². The molecular weight excluding hydrogens is 261 g/mol. The fourth-order valence-electron chi connectivity index (χ4n) is 2.10. The molecule has 0 spiro atoms. The summed E-state index contributed by atoms with van der Waals surface area (Å²) in [6.45, 7) is 5.68. The van der Waals surface area contributed by atoms with Crippen molar-refractivity contribution in [2.75, 3.05) is 6.54 Å². The Morgan fingerprint density at radius 1 is 1.11 bits per heavy atom. The highest BCUT2D eigenvalue weighted by molar-refractivity contribution is 6.30. The third-order valence-electron chi connectivity index (χ3n) is 3.13. The van der Waals surface area contributed by atoms with Crippen LogP contribution in [0.2, 0.25) is 5.02 Å². The number of rotatable bonds is 4. The van der Waals surface area contributed by atoms with E-state index in [0.717, 1.165) is 35.3 Å². The molecular formula is C16H17ClFN. The van der Waals surface area contributed by atoms with Crippen LogP contribution in [0.1, 0.15) is 18.1 Å². The molecule has 100 valence electrons. The molecule has 0 aliphatic heterocycles. The molecule has 1 nitrogen and oxygen atoms in total. The first-order valence-electron chi connectivity index (χ1n) is 6.37. The second kappa shape index (κ2) is 6.18. The highest BCUT2D eigenvalue weighted by atomic mass is 35.5. The number of hydrogen-bond donors (Lipinski definition) is 1. The third-order valence-corrected chi connectivity index (χ3v) is 3.36. The van der Waals surface area contributed by atoms with Crippen molar-refractivity contribution in [3.05, 3.63) is 58.4 Å². The van der Waals surface area contributed by atoms with Gasteiger partial charge in [0.2, 0.25) is 0 Å². The molecule has 3 heteroatoms. The van der Waals surface area contributed by atoms with Crippen LogP contribution >= 0.6 is 11.6 Å². The van der Waals surface area contributed by atoms with Crippen LogP contribution in [0.15, 0.2) is 36.4 Å². The first-order valence-corrected chi connectivity index (χ1v) is 6.75. The average Bonchev–Trinajstić information content (AvgIpc) is 2.40. The molecule has 0 heterocycles. The van der Waals surface area contributed by atoms with Gasteiger partial charge in [0.15, 0.2) is 0 Å². The lowest BCUT2D eigenvalue weighted by atomic mass is 9.96. The van der Waals surface area contributed by atoms with E-state index in [4.69, 9.17) is 11.6 Å². The summed E-state index contributed by atoms with van der Waals surface area (Å²) in [4.78, 5) is 0. The smallest absolute Gasteiger partial charge is 0.123 e. The standard InChI is InChI=1S/C16H17ClFN/c1-3-19-10-12-5-6-13(17)8-16(12)15-9-14(18)7-4-11(15)2/h4-9,19H,3,10H2,1-2H3. The number of aryl methyl sites for hydroxylation is 1. The van der Waals surface area contributed by atoms with Crippen LogP contribution in [-0.2, 0) is 6.54 Å². The lowest BCUT2D eigenvalue weighted by Gasteiger charge is -2.13. The van der Waals surface area contributed by atoms with Crippen LogP contribution < -0.4 is 5.32 Å². The molecule has 0 amide bonds. The van der Waals surface area contributed by atoms with Gasteiger partial charge in [-0.05, 0) is 60.0 Å². The molecule has 0 radical (unpaired) electrons. The molecule has 2 aromatic carbocycles. The maximum absolute atomic E-state index is 13.5. The lowest BCUT2D eigenvalue weighted by Crippen LogP contribution is -2.12. The van der Waals surface area contributed by atoms with Crippen molar-refractivity contribution in [2.45, 2.75) is 20.4 Å². The van der Waals surface area contributed by atoms with Crippen LogP contribution in [0.25, 0.3) is 11.1 Å². The van der Waals surface area contributed by atoms with Crippen molar-refractivity contribution < 1.29 is 4.39 Å². The lowest BCUT2D eigenvalue weighted by molar-refractivity contribution is 0.628. The summed E-state index contributed by atoms with van der Waals surface area (Å²) >= 11 is 6.08. The van der Waals surface area contributed by atoms with Gasteiger partial charge in [0.05, 0.1) is 0 Å². The quantitative estimate of drug-likeness (QED) is 0.864. The molecule has 0 fully saturated rings. The number of halogens is 2. The molecule has 0 aromatic heterocycles. The SMILES string of the molecule is CCNCc1ccc(Cl)cc1-c1cc(F)ccc1C. The summed E-state index contributed by atoms with van der Waals surface area (Å²) in [5.74, 6) is -0.227. The Kier molecular flexibility index (Phi) is 4.56. The van der Waals surface area contributed by atoms with Crippen molar-refractivity contribution in [1.29, 1.82) is 0 Å². The first-order chi connectivity index (χ1) is 9.11. The van der Waals surface area contributed by atoms with Crippen LogP contribution in [0, 0.1) is 12.7 Å². The van der Waals surface area contributed by atoms with Gasteiger partial charge in [-0.25, -0.2) is 4.39 Å². The molecule has 0 atom stereocenters. The summed E-state index contributed by atoms with van der Waals surface area (Å²) in [5, 5.41) is 3.96. The predicted molar refractivity (Wildman–Crippen MR) is 79.0 cm³/mol. The molecule has 1 N–H and O–H groups in total. The largest absolute Gasteiger partial charge is 0.313 e. The van der Waals surface area contributed by atoms with Crippen LogP contribution in [0.3, 0.4) is 0 Å². The van der Waals surface area contributed by atoms with Crippen LogP contribution in [-0.4, -0.2) is 6.54 Å². The van der Waals surface area contributed by atoms with Gasteiger partial charge in [-0.2, -0.15) is 0 Å². The maximum Gasteiger partial charge on any atom is 0.123 e. The van der Waals surface area contributed by atoms with E-state index in [-0.39, 0.29) is 5.82 Å². The molecule has 0 bridgehead atoms. The van der Waals surface area contributed by atoms with E-state index in [0.29, 0.717) is 5.02 Å². The Balaban J connectivity index is 2.52. The maximum atomic E-state index is 13.5. The van der Waals surface area contributed by atoms with Gasteiger partial charge in [0.1, 0.15) is 5.82 Å². The Morgan fingerprint density at radius 2 is 1.89 bits per heavy atom. The number of benzene rings is 2. The van der Waals surface area contributed by atoms with E-state index in [1.807, 2.05) is 25.1 Å². The molecule has 0 saturated heterocycles. The zero-order chi connectivity index (χ0) is 13.8. The van der Waals surface area contributed by atoms with Crippen LogP contribution in [0.5, 0.6) is 0 Å². The minimum Gasteiger partial charge on any atom is -0.313 e. The molecule has 0 saturated carbocycles. The second-order valence-electron chi connectivity index (χ2n) is 4.54. The Hall–Kier alpha value is -1.38. The zero-order valence-electron chi connectivity index (χ0n) is 11.1. The zero-order valence-corrected chi connectivity index (χ0v) is 11.9. The molecule has 0 aliphatic carbocycles. The van der Waals surface area contributed by atoms with E-state index in [2.05, 4.69) is 12.2 Å². The number of nitrogens with one attached hydrogen (secondary N) is 1. The van der Waals surface area contributed by atoms with E-state index in [1.165, 1.54) is 6.07 Å². The monoisotopic (exact) mass is 277 g/mol. The van der Waals surface area contributed by atoms with Gasteiger partial charge in [-0.15, -0.1) is 0 Å². The normalized spacial score (nSPS) is 10.7. The van der Waals surface area contributed by atoms with Crippen molar-refractivity contribution in [3.63, 3.8) is 0 Å². The van der Waals surface area contributed by atoms with Crippen molar-refractivity contribution >= 4 is 11.6 Å². The predicted octanol–water partition coefficient (Wildman–Crippen LogP) is 4.56. The second-order valence-corrected chi connectivity index (χ2v) is 4.98. The van der Waals surface area contributed by atoms with Gasteiger partial charge in [-0.1, -0.05) is 30.7 Å². The Labute approximate surface area is 118 Å². The molecule has 0 unspecified atom stereocenters. The number of hydrogen-bond acceptors (Lipinski definition) is 1. The van der Waals surface area contributed by atoms with Crippen molar-refractivity contribution in [3.8, 4) is 11.1 Å². The Morgan fingerprint density at radius 3 is 2.63 bits per heavy atom. The minimum absolute atomic E-state index is 0.227. The summed E-state index contributed by atoms with van der Waals surface area (Å²) in [6, 6.07) is 10.6. The molecule has 0 aliphatic rings. The van der Waals surface area contributed by atoms with Crippen LogP contribution in [0.4, 0.5) is 4.39 Å². The highest BCUT2D eigenvalue weighted by Gasteiger charge is 2.09. The van der Waals surface area contributed by atoms with Gasteiger partial charge < -0.3 is 5.32 Å². The topological polar surface area (TPSA) is 12.0 Å². The average molecular weight is 278 g/mol. The van der Waals surface area contributed by atoms with E-state index < -0.39 is 0 Å². The summed E-state index contributed by atoms with van der Waals surface area (Å²) in [5.41, 5.74) is 4.06. The molecule has 2 rings (SSSR count). The van der Waals surface area contributed by atoms with E-state index >= 15 is 0 Å².